The number of ether oxygens (including phenoxy) is 2. The van der Waals surface area contributed by atoms with Crippen LogP contribution in [0.5, 0.6) is 11.5 Å². The highest BCUT2D eigenvalue weighted by Crippen LogP contribution is 2.38. The standard InChI is InChI=1S/C30H34N6O3/c37-30-24(16-22-17-26-27(39-19-38-26)18-25(22)31-30)28(29-32-33-34-36(29)23-9-5-2-6-10-23)35-13-11-21(12-14-35)15-20-7-3-1-4-8-20/h1,3-4,7-8,16-18,21,23,28H,2,5-6,9-15,19H2,(H,31,37)/t28-/m1/s1. The molecule has 4 heterocycles. The molecule has 2 fully saturated rings. The van der Waals surface area contributed by atoms with Crippen molar-refractivity contribution in [2.45, 2.75) is 63.5 Å². The van der Waals surface area contributed by atoms with Gasteiger partial charge in [-0.15, -0.1) is 5.10 Å². The summed E-state index contributed by atoms with van der Waals surface area (Å²) in [7, 11) is 0. The number of aromatic amines is 1. The number of rotatable bonds is 6. The van der Waals surface area contributed by atoms with Crippen molar-refractivity contribution >= 4 is 10.9 Å². The average molecular weight is 527 g/mol. The number of aromatic nitrogens is 5. The van der Waals surface area contributed by atoms with Crippen LogP contribution < -0.4 is 15.0 Å². The first-order valence-corrected chi connectivity index (χ1v) is 14.3. The molecule has 0 unspecified atom stereocenters. The van der Waals surface area contributed by atoms with Gasteiger partial charge in [-0.1, -0.05) is 49.6 Å². The van der Waals surface area contributed by atoms with Gasteiger partial charge in [-0.3, -0.25) is 9.69 Å². The molecule has 1 atom stereocenters. The Labute approximate surface area is 227 Å². The van der Waals surface area contributed by atoms with E-state index in [4.69, 9.17) is 9.47 Å². The molecule has 0 amide bonds. The van der Waals surface area contributed by atoms with Crippen LogP contribution in [0.3, 0.4) is 0 Å². The van der Waals surface area contributed by atoms with Crippen LogP contribution in [0.25, 0.3) is 10.9 Å². The van der Waals surface area contributed by atoms with Crippen molar-refractivity contribution in [3.05, 3.63) is 75.8 Å². The fraction of sp³-hybridized carbons (Fsp3) is 0.467. The minimum atomic E-state index is -0.321. The summed E-state index contributed by atoms with van der Waals surface area (Å²) in [6.07, 6.45) is 8.99. The third-order valence-corrected chi connectivity index (χ3v) is 8.73. The van der Waals surface area contributed by atoms with E-state index in [9.17, 15) is 4.79 Å². The quantitative estimate of drug-likeness (QED) is 0.386. The van der Waals surface area contributed by atoms with Gasteiger partial charge in [0, 0.05) is 17.0 Å². The molecule has 9 heteroatoms. The zero-order chi connectivity index (χ0) is 26.2. The number of tetrazole rings is 1. The van der Waals surface area contributed by atoms with Crippen LogP contribution >= 0.6 is 0 Å². The molecule has 4 aromatic rings. The van der Waals surface area contributed by atoms with E-state index in [2.05, 4.69) is 55.7 Å². The maximum atomic E-state index is 13.7. The monoisotopic (exact) mass is 526 g/mol. The number of nitrogens with one attached hydrogen (secondary N) is 1. The van der Waals surface area contributed by atoms with Crippen molar-refractivity contribution in [1.82, 2.24) is 30.1 Å². The predicted octanol–water partition coefficient (Wildman–Crippen LogP) is 4.79. The van der Waals surface area contributed by atoms with E-state index in [1.54, 1.807) is 0 Å². The van der Waals surface area contributed by atoms with E-state index in [-0.39, 0.29) is 24.4 Å². The highest BCUT2D eigenvalue weighted by atomic mass is 16.7. The van der Waals surface area contributed by atoms with E-state index in [1.165, 1.54) is 24.8 Å². The van der Waals surface area contributed by atoms with Gasteiger partial charge in [0.25, 0.3) is 5.56 Å². The normalized spacial score (nSPS) is 19.5. The maximum Gasteiger partial charge on any atom is 0.253 e. The van der Waals surface area contributed by atoms with Crippen LogP contribution in [-0.4, -0.2) is 50.0 Å². The summed E-state index contributed by atoms with van der Waals surface area (Å²) in [5, 5.41) is 14.1. The molecule has 1 aliphatic carbocycles. The SMILES string of the molecule is O=c1[nH]c2cc3c(cc2cc1[C@H](c1nnnn1C1CCCCC1)N1CCC(Cc2ccccc2)CC1)OCO3. The lowest BCUT2D eigenvalue weighted by Crippen LogP contribution is -2.41. The Kier molecular flexibility index (Phi) is 6.52. The van der Waals surface area contributed by atoms with Crippen molar-refractivity contribution < 1.29 is 9.47 Å². The Morgan fingerprint density at radius 1 is 0.949 bits per heavy atom. The Bertz CT molecular complexity index is 1500. The molecule has 2 aliphatic heterocycles. The predicted molar refractivity (Wildman–Crippen MR) is 147 cm³/mol. The van der Waals surface area contributed by atoms with E-state index in [1.807, 2.05) is 22.9 Å². The number of benzene rings is 2. The van der Waals surface area contributed by atoms with Gasteiger partial charge in [-0.05, 0) is 79.2 Å². The van der Waals surface area contributed by atoms with Crippen molar-refractivity contribution in [3.63, 3.8) is 0 Å². The van der Waals surface area contributed by atoms with Gasteiger partial charge in [0.1, 0.15) is 6.04 Å². The molecule has 1 saturated heterocycles. The highest BCUT2D eigenvalue weighted by Gasteiger charge is 2.35. The zero-order valence-electron chi connectivity index (χ0n) is 22.1. The summed E-state index contributed by atoms with van der Waals surface area (Å²) in [5.41, 5.74) is 2.68. The van der Waals surface area contributed by atoms with Crippen LogP contribution in [0.4, 0.5) is 0 Å². The summed E-state index contributed by atoms with van der Waals surface area (Å²) < 4.78 is 13.2. The first-order valence-electron chi connectivity index (χ1n) is 14.3. The van der Waals surface area contributed by atoms with Crippen LogP contribution in [0.2, 0.25) is 0 Å². The fourth-order valence-electron chi connectivity index (χ4n) is 6.64. The third-order valence-electron chi connectivity index (χ3n) is 8.73. The van der Waals surface area contributed by atoms with Gasteiger partial charge in [0.05, 0.1) is 11.6 Å². The van der Waals surface area contributed by atoms with Gasteiger partial charge in [-0.2, -0.15) is 0 Å². The average Bonchev–Trinajstić information content (AvgIpc) is 3.64. The molecule has 3 aliphatic rings. The minimum absolute atomic E-state index is 0.115. The fourth-order valence-corrected chi connectivity index (χ4v) is 6.64. The summed E-state index contributed by atoms with van der Waals surface area (Å²) in [6.45, 7) is 1.97. The van der Waals surface area contributed by atoms with E-state index >= 15 is 0 Å². The molecule has 202 valence electrons. The van der Waals surface area contributed by atoms with E-state index < -0.39 is 0 Å². The molecule has 39 heavy (non-hydrogen) atoms. The molecule has 9 nitrogen and oxygen atoms in total. The Morgan fingerprint density at radius 3 is 2.51 bits per heavy atom. The Balaban J connectivity index is 1.24. The second kappa shape index (κ2) is 10.4. The Hall–Kier alpha value is -3.72. The van der Waals surface area contributed by atoms with Crippen LogP contribution in [0.1, 0.15) is 74.0 Å². The third kappa shape index (κ3) is 4.80. The van der Waals surface area contributed by atoms with Crippen LogP contribution in [-0.2, 0) is 6.42 Å². The van der Waals surface area contributed by atoms with Gasteiger partial charge < -0.3 is 14.5 Å². The van der Waals surface area contributed by atoms with Crippen molar-refractivity contribution in [1.29, 1.82) is 0 Å². The number of nitrogens with zero attached hydrogens (tertiary/aromatic N) is 5. The molecule has 0 radical (unpaired) electrons. The van der Waals surface area contributed by atoms with Crippen LogP contribution in [0, 0.1) is 5.92 Å². The second-order valence-corrected chi connectivity index (χ2v) is 11.2. The number of pyridine rings is 1. The molecule has 1 N–H and O–H groups in total. The lowest BCUT2D eigenvalue weighted by atomic mass is 9.88. The van der Waals surface area contributed by atoms with Gasteiger partial charge in [0.15, 0.2) is 17.3 Å². The molecular weight excluding hydrogens is 492 g/mol. The number of H-pyrrole nitrogens is 1. The van der Waals surface area contributed by atoms with Gasteiger partial charge in [0.2, 0.25) is 6.79 Å². The number of fused-ring (bicyclic) bond motifs is 2. The molecule has 2 aromatic carbocycles. The summed E-state index contributed by atoms with van der Waals surface area (Å²) >= 11 is 0. The topological polar surface area (TPSA) is 98.2 Å². The number of hydrogen-bond donors (Lipinski definition) is 1. The van der Waals surface area contributed by atoms with Crippen molar-refractivity contribution in [2.75, 3.05) is 19.9 Å². The zero-order valence-corrected chi connectivity index (χ0v) is 22.1. The molecule has 1 saturated carbocycles. The van der Waals surface area contributed by atoms with E-state index in [0.717, 1.165) is 61.9 Å². The van der Waals surface area contributed by atoms with E-state index in [0.29, 0.717) is 23.0 Å². The number of piperidine rings is 1. The second-order valence-electron chi connectivity index (χ2n) is 11.2. The maximum absolute atomic E-state index is 13.7. The molecular formula is C30H34N6O3. The van der Waals surface area contributed by atoms with Crippen LogP contribution in [0.15, 0.2) is 53.3 Å². The summed E-state index contributed by atoms with van der Waals surface area (Å²) in [5.74, 6) is 2.75. The molecule has 0 spiro atoms. The molecule has 2 aromatic heterocycles. The van der Waals surface area contributed by atoms with Crippen molar-refractivity contribution in [2.24, 2.45) is 5.92 Å². The molecule has 7 rings (SSSR count). The van der Waals surface area contributed by atoms with Gasteiger partial charge >= 0.3 is 0 Å². The smallest absolute Gasteiger partial charge is 0.253 e. The number of hydrogen-bond acceptors (Lipinski definition) is 7. The number of likely N-dealkylation sites (tertiary alicyclic amines) is 1. The lowest BCUT2D eigenvalue weighted by Gasteiger charge is -2.37. The lowest BCUT2D eigenvalue weighted by molar-refractivity contribution is 0.140. The highest BCUT2D eigenvalue weighted by molar-refractivity contribution is 5.83. The minimum Gasteiger partial charge on any atom is -0.454 e. The van der Waals surface area contributed by atoms with Crippen molar-refractivity contribution in [3.8, 4) is 11.5 Å². The first-order chi connectivity index (χ1) is 19.2. The largest absolute Gasteiger partial charge is 0.454 e. The first kappa shape index (κ1) is 24.3. The summed E-state index contributed by atoms with van der Waals surface area (Å²) in [6, 6.07) is 16.5. The summed E-state index contributed by atoms with van der Waals surface area (Å²) in [4.78, 5) is 19.2. The Morgan fingerprint density at radius 2 is 1.72 bits per heavy atom. The molecule has 0 bridgehead atoms. The van der Waals surface area contributed by atoms with Gasteiger partial charge in [-0.25, -0.2) is 4.68 Å².